The molecule has 1 saturated heterocycles. The Morgan fingerprint density at radius 1 is 1.35 bits per heavy atom. The highest BCUT2D eigenvalue weighted by Crippen LogP contribution is 2.44. The average Bonchev–Trinajstić information content (AvgIpc) is 3.23. The van der Waals surface area contributed by atoms with Gasteiger partial charge in [0, 0.05) is 18.8 Å². The number of rotatable bonds is 5. The summed E-state index contributed by atoms with van der Waals surface area (Å²) < 4.78 is 0. The summed E-state index contributed by atoms with van der Waals surface area (Å²) in [7, 11) is 0. The molecule has 3 atom stereocenters. The van der Waals surface area contributed by atoms with Crippen LogP contribution in [-0.4, -0.2) is 31.4 Å². The van der Waals surface area contributed by atoms with Gasteiger partial charge >= 0.3 is 0 Å². The summed E-state index contributed by atoms with van der Waals surface area (Å²) >= 11 is 0. The van der Waals surface area contributed by atoms with E-state index >= 15 is 0 Å². The molecule has 2 amide bonds. The Morgan fingerprint density at radius 3 is 3.08 bits per heavy atom. The second-order valence-corrected chi connectivity index (χ2v) is 8.09. The summed E-state index contributed by atoms with van der Waals surface area (Å²) in [4.78, 5) is 25.3. The molecule has 26 heavy (non-hydrogen) atoms. The molecule has 5 nitrogen and oxygen atoms in total. The largest absolute Gasteiger partial charge is 0.356 e. The van der Waals surface area contributed by atoms with E-state index in [2.05, 4.69) is 35.0 Å². The maximum absolute atomic E-state index is 13.0. The Morgan fingerprint density at radius 2 is 2.23 bits per heavy atom. The number of fused-ring (bicyclic) bond motifs is 2. The normalized spacial score (nSPS) is 29.8. The first-order valence-corrected chi connectivity index (χ1v) is 10.1. The van der Waals surface area contributed by atoms with E-state index in [1.807, 2.05) is 6.07 Å². The summed E-state index contributed by atoms with van der Waals surface area (Å²) in [5.41, 5.74) is 3.04. The van der Waals surface area contributed by atoms with E-state index in [-0.39, 0.29) is 23.1 Å². The molecule has 1 aromatic rings. The zero-order chi connectivity index (χ0) is 18.1. The van der Waals surface area contributed by atoms with Crippen LogP contribution >= 0.6 is 0 Å². The molecule has 3 aliphatic rings. The first-order valence-electron chi connectivity index (χ1n) is 10.1. The molecule has 1 saturated carbocycles. The highest BCUT2D eigenvalue weighted by molar-refractivity contribution is 6.03. The molecule has 4 rings (SSSR count). The molecule has 0 spiro atoms. The molecule has 3 N–H and O–H groups in total. The van der Waals surface area contributed by atoms with Crippen LogP contribution in [0.1, 0.15) is 56.1 Å². The van der Waals surface area contributed by atoms with Crippen molar-refractivity contribution in [2.24, 2.45) is 11.3 Å². The van der Waals surface area contributed by atoms with Gasteiger partial charge in [0.1, 0.15) is 0 Å². The molecule has 0 bridgehead atoms. The summed E-state index contributed by atoms with van der Waals surface area (Å²) in [6.07, 6.45) is 6.14. The summed E-state index contributed by atoms with van der Waals surface area (Å²) in [6, 6.07) is 6.20. The first kappa shape index (κ1) is 17.5. The van der Waals surface area contributed by atoms with Crippen molar-refractivity contribution in [1.29, 1.82) is 0 Å². The SMILES string of the molecule is CCc1ccc2c(c1)C(CCNC(=O)[C@@]13CCCC[C@H]1CNC3)C(=O)N2. The maximum Gasteiger partial charge on any atom is 0.232 e. The summed E-state index contributed by atoms with van der Waals surface area (Å²) in [6.45, 7) is 4.44. The smallest absolute Gasteiger partial charge is 0.232 e. The molecule has 140 valence electrons. The number of hydrogen-bond acceptors (Lipinski definition) is 3. The van der Waals surface area contributed by atoms with Gasteiger partial charge in [-0.25, -0.2) is 0 Å². The fraction of sp³-hybridized carbons (Fsp3) is 0.619. The van der Waals surface area contributed by atoms with Crippen LogP contribution in [0.2, 0.25) is 0 Å². The molecule has 2 aliphatic heterocycles. The van der Waals surface area contributed by atoms with Crippen molar-refractivity contribution in [2.75, 3.05) is 25.0 Å². The van der Waals surface area contributed by atoms with Crippen LogP contribution in [0.15, 0.2) is 18.2 Å². The lowest BCUT2D eigenvalue weighted by Gasteiger charge is -2.37. The second kappa shape index (κ2) is 7.03. The van der Waals surface area contributed by atoms with Crippen LogP contribution in [-0.2, 0) is 16.0 Å². The quantitative estimate of drug-likeness (QED) is 0.760. The van der Waals surface area contributed by atoms with E-state index in [9.17, 15) is 9.59 Å². The highest BCUT2D eigenvalue weighted by Gasteiger charge is 2.49. The van der Waals surface area contributed by atoms with Gasteiger partial charge in [0.25, 0.3) is 0 Å². The highest BCUT2D eigenvalue weighted by atomic mass is 16.2. The van der Waals surface area contributed by atoms with Gasteiger partial charge in [-0.2, -0.15) is 0 Å². The number of anilines is 1. The van der Waals surface area contributed by atoms with E-state index in [0.717, 1.165) is 50.0 Å². The zero-order valence-electron chi connectivity index (χ0n) is 15.6. The third-order valence-electron chi connectivity index (χ3n) is 6.68. The van der Waals surface area contributed by atoms with Crippen molar-refractivity contribution in [1.82, 2.24) is 10.6 Å². The molecular weight excluding hydrogens is 326 g/mol. The Balaban J connectivity index is 1.39. The van der Waals surface area contributed by atoms with E-state index in [4.69, 9.17) is 0 Å². The standard InChI is InChI=1S/C21H29N3O2/c1-2-14-6-7-18-17(11-14)16(19(25)24-18)8-10-23-20(26)21-9-4-3-5-15(21)12-22-13-21/h6-7,11,15-16,22H,2-5,8-10,12-13H2,1H3,(H,23,26)(H,24,25)/t15-,16?,21+/m0/s1. The predicted molar refractivity (Wildman–Crippen MR) is 102 cm³/mol. The molecule has 2 heterocycles. The molecule has 2 fully saturated rings. The molecule has 0 aromatic heterocycles. The van der Waals surface area contributed by atoms with Crippen LogP contribution in [0.4, 0.5) is 5.69 Å². The van der Waals surface area contributed by atoms with E-state index in [1.54, 1.807) is 0 Å². The van der Waals surface area contributed by atoms with Crippen molar-refractivity contribution < 1.29 is 9.59 Å². The Bertz CT molecular complexity index is 717. The fourth-order valence-electron chi connectivity index (χ4n) is 5.08. The van der Waals surface area contributed by atoms with Gasteiger partial charge in [0.2, 0.25) is 11.8 Å². The lowest BCUT2D eigenvalue weighted by Crippen LogP contribution is -2.48. The minimum atomic E-state index is -0.219. The van der Waals surface area contributed by atoms with Gasteiger partial charge in [-0.15, -0.1) is 0 Å². The maximum atomic E-state index is 13.0. The van der Waals surface area contributed by atoms with Gasteiger partial charge in [-0.05, 0) is 55.3 Å². The van der Waals surface area contributed by atoms with Gasteiger partial charge < -0.3 is 16.0 Å². The number of amides is 2. The van der Waals surface area contributed by atoms with Crippen LogP contribution in [0.5, 0.6) is 0 Å². The Kier molecular flexibility index (Phi) is 4.74. The third-order valence-corrected chi connectivity index (χ3v) is 6.68. The number of benzene rings is 1. The lowest BCUT2D eigenvalue weighted by atomic mass is 9.67. The van der Waals surface area contributed by atoms with Gasteiger partial charge in [0.05, 0.1) is 11.3 Å². The lowest BCUT2D eigenvalue weighted by molar-refractivity contribution is -0.134. The minimum Gasteiger partial charge on any atom is -0.356 e. The van der Waals surface area contributed by atoms with Crippen molar-refractivity contribution in [3.05, 3.63) is 29.3 Å². The molecule has 5 heteroatoms. The monoisotopic (exact) mass is 355 g/mol. The van der Waals surface area contributed by atoms with Crippen molar-refractivity contribution in [2.45, 2.75) is 51.4 Å². The van der Waals surface area contributed by atoms with Crippen LogP contribution in [0.25, 0.3) is 0 Å². The molecular formula is C21H29N3O2. The van der Waals surface area contributed by atoms with E-state index < -0.39 is 0 Å². The number of hydrogen-bond donors (Lipinski definition) is 3. The van der Waals surface area contributed by atoms with Crippen LogP contribution < -0.4 is 16.0 Å². The van der Waals surface area contributed by atoms with Gasteiger partial charge in [-0.3, -0.25) is 9.59 Å². The summed E-state index contributed by atoms with van der Waals surface area (Å²) in [5.74, 6) is 0.559. The van der Waals surface area contributed by atoms with Gasteiger partial charge in [-0.1, -0.05) is 31.9 Å². The van der Waals surface area contributed by atoms with Crippen LogP contribution in [0, 0.1) is 11.3 Å². The fourth-order valence-corrected chi connectivity index (χ4v) is 5.08. The average molecular weight is 355 g/mol. The zero-order valence-corrected chi connectivity index (χ0v) is 15.6. The minimum absolute atomic E-state index is 0.0544. The molecule has 1 aliphatic carbocycles. The third kappa shape index (κ3) is 2.92. The van der Waals surface area contributed by atoms with Crippen molar-refractivity contribution >= 4 is 17.5 Å². The van der Waals surface area contributed by atoms with Crippen molar-refractivity contribution in [3.63, 3.8) is 0 Å². The second-order valence-electron chi connectivity index (χ2n) is 8.09. The molecule has 1 unspecified atom stereocenters. The number of aryl methyl sites for hydroxylation is 1. The predicted octanol–water partition coefficient (Wildman–Crippen LogP) is 2.57. The summed E-state index contributed by atoms with van der Waals surface area (Å²) in [5, 5.41) is 9.56. The number of carbonyl (C=O) groups is 2. The van der Waals surface area contributed by atoms with E-state index in [0.29, 0.717) is 18.9 Å². The Hall–Kier alpha value is -1.88. The number of carbonyl (C=O) groups excluding carboxylic acids is 2. The number of nitrogens with one attached hydrogen (secondary N) is 3. The van der Waals surface area contributed by atoms with E-state index in [1.165, 1.54) is 12.0 Å². The Labute approximate surface area is 155 Å². The van der Waals surface area contributed by atoms with Crippen LogP contribution in [0.3, 0.4) is 0 Å². The molecule has 1 aromatic carbocycles. The van der Waals surface area contributed by atoms with Gasteiger partial charge in [0.15, 0.2) is 0 Å². The topological polar surface area (TPSA) is 70.2 Å². The van der Waals surface area contributed by atoms with Crippen molar-refractivity contribution in [3.8, 4) is 0 Å². The first-order chi connectivity index (χ1) is 12.6. The molecule has 0 radical (unpaired) electrons.